The average Bonchev–Trinajstić information content (AvgIpc) is 3.01. The van der Waals surface area contributed by atoms with Gasteiger partial charge in [0.25, 0.3) is 5.91 Å². The number of carbonyl (C=O) groups excluding carboxylic acids is 2. The Balaban J connectivity index is 1.67. The van der Waals surface area contributed by atoms with E-state index in [1.807, 2.05) is 68.4 Å². The summed E-state index contributed by atoms with van der Waals surface area (Å²) < 4.78 is 5.85. The predicted molar refractivity (Wildman–Crippen MR) is 125 cm³/mol. The first-order valence-corrected chi connectivity index (χ1v) is 11.0. The summed E-state index contributed by atoms with van der Waals surface area (Å²) in [6.45, 7) is 5.48. The van der Waals surface area contributed by atoms with Gasteiger partial charge in [-0.2, -0.15) is 0 Å². The number of likely N-dealkylation sites (N-methyl/N-ethyl adjacent to an activating group) is 1. The van der Waals surface area contributed by atoms with Gasteiger partial charge < -0.3 is 9.64 Å². The van der Waals surface area contributed by atoms with Crippen LogP contribution in [-0.2, 0) is 16.1 Å². The van der Waals surface area contributed by atoms with Gasteiger partial charge in [-0.3, -0.25) is 14.5 Å². The summed E-state index contributed by atoms with van der Waals surface area (Å²) in [5.41, 5.74) is 1.93. The Morgan fingerprint density at radius 2 is 1.83 bits per heavy atom. The summed E-state index contributed by atoms with van der Waals surface area (Å²) in [5, 5.41) is 0. The lowest BCUT2D eigenvalue weighted by atomic mass is 10.2. The summed E-state index contributed by atoms with van der Waals surface area (Å²) in [5.74, 6) is 0.425. The molecule has 2 aromatic carbocycles. The number of amides is 2. The molecule has 0 unspecified atom stereocenters. The van der Waals surface area contributed by atoms with E-state index in [9.17, 15) is 9.59 Å². The Kier molecular flexibility index (Phi) is 7.65. The van der Waals surface area contributed by atoms with Crippen LogP contribution in [0.25, 0.3) is 6.08 Å². The van der Waals surface area contributed by atoms with Gasteiger partial charge in [-0.1, -0.05) is 66.4 Å². The van der Waals surface area contributed by atoms with E-state index in [0.29, 0.717) is 28.9 Å². The van der Waals surface area contributed by atoms with Crippen LogP contribution in [-0.4, -0.2) is 45.6 Å². The van der Waals surface area contributed by atoms with Gasteiger partial charge in [0, 0.05) is 13.1 Å². The molecule has 0 aromatic heterocycles. The molecule has 0 radical (unpaired) electrons. The second-order valence-corrected chi connectivity index (χ2v) is 8.34. The van der Waals surface area contributed by atoms with Crippen molar-refractivity contribution in [2.45, 2.75) is 20.4 Å². The van der Waals surface area contributed by atoms with Crippen molar-refractivity contribution in [3.8, 4) is 5.75 Å². The molecule has 1 aliphatic heterocycles. The number of rotatable bonds is 8. The number of thioether (sulfide) groups is 1. The van der Waals surface area contributed by atoms with E-state index in [1.54, 1.807) is 11.0 Å². The SMILES string of the molecule is CCOc1ccc(/C=C2\SC(=S)N(CC(=O)N(CC)Cc3ccccc3)C2=O)cc1. The molecular weight excluding hydrogens is 416 g/mol. The molecule has 30 heavy (non-hydrogen) atoms. The molecule has 5 nitrogen and oxygen atoms in total. The van der Waals surface area contributed by atoms with Crippen LogP contribution in [0.5, 0.6) is 5.75 Å². The van der Waals surface area contributed by atoms with Crippen LogP contribution in [0.2, 0.25) is 0 Å². The van der Waals surface area contributed by atoms with Crippen LogP contribution >= 0.6 is 24.0 Å². The molecule has 2 aromatic rings. The standard InChI is InChI=1S/C23H24N2O3S2/c1-3-24(15-18-8-6-5-7-9-18)21(26)16-25-22(27)20(30-23(25)29)14-17-10-12-19(13-11-17)28-4-2/h5-14H,3-4,15-16H2,1-2H3/b20-14-. The molecule has 2 amide bonds. The third-order valence-electron chi connectivity index (χ3n) is 4.61. The van der Waals surface area contributed by atoms with Crippen LogP contribution < -0.4 is 4.74 Å². The topological polar surface area (TPSA) is 49.9 Å². The van der Waals surface area contributed by atoms with Crippen molar-refractivity contribution in [1.29, 1.82) is 0 Å². The van der Waals surface area contributed by atoms with E-state index in [1.165, 1.54) is 16.7 Å². The van der Waals surface area contributed by atoms with Gasteiger partial charge in [0.05, 0.1) is 11.5 Å². The number of nitrogens with zero attached hydrogens (tertiary/aromatic N) is 2. The molecular formula is C23H24N2O3S2. The highest BCUT2D eigenvalue weighted by molar-refractivity contribution is 8.26. The van der Waals surface area contributed by atoms with Gasteiger partial charge in [-0.15, -0.1) is 0 Å². The normalized spacial score (nSPS) is 15.0. The van der Waals surface area contributed by atoms with E-state index in [4.69, 9.17) is 17.0 Å². The molecule has 3 rings (SSSR count). The highest BCUT2D eigenvalue weighted by atomic mass is 32.2. The number of benzene rings is 2. The molecule has 156 valence electrons. The lowest BCUT2D eigenvalue weighted by Crippen LogP contribution is -2.41. The minimum Gasteiger partial charge on any atom is -0.494 e. The minimum atomic E-state index is -0.233. The zero-order chi connectivity index (χ0) is 21.5. The Morgan fingerprint density at radius 3 is 2.47 bits per heavy atom. The Hall–Kier alpha value is -2.64. The van der Waals surface area contributed by atoms with E-state index >= 15 is 0 Å². The number of ether oxygens (including phenoxy) is 1. The van der Waals surface area contributed by atoms with E-state index in [2.05, 4.69) is 0 Å². The fourth-order valence-corrected chi connectivity index (χ4v) is 4.29. The van der Waals surface area contributed by atoms with Gasteiger partial charge in [-0.25, -0.2) is 0 Å². The van der Waals surface area contributed by atoms with E-state index in [-0.39, 0.29) is 18.4 Å². The van der Waals surface area contributed by atoms with Crippen molar-refractivity contribution in [2.75, 3.05) is 19.7 Å². The van der Waals surface area contributed by atoms with E-state index < -0.39 is 0 Å². The molecule has 1 aliphatic rings. The van der Waals surface area contributed by atoms with Crippen molar-refractivity contribution in [1.82, 2.24) is 9.80 Å². The van der Waals surface area contributed by atoms with Gasteiger partial charge in [0.15, 0.2) is 0 Å². The molecule has 0 atom stereocenters. The molecule has 0 saturated carbocycles. The molecule has 0 N–H and O–H groups in total. The van der Waals surface area contributed by atoms with Crippen molar-refractivity contribution in [3.63, 3.8) is 0 Å². The Morgan fingerprint density at radius 1 is 1.13 bits per heavy atom. The second kappa shape index (κ2) is 10.4. The van der Waals surface area contributed by atoms with Gasteiger partial charge in [-0.05, 0) is 43.2 Å². The van der Waals surface area contributed by atoms with Crippen LogP contribution in [0.15, 0.2) is 59.5 Å². The number of thiocarbonyl (C=S) groups is 1. The summed E-state index contributed by atoms with van der Waals surface area (Å²) in [6, 6.07) is 17.3. The van der Waals surface area contributed by atoms with Crippen LogP contribution in [0.1, 0.15) is 25.0 Å². The van der Waals surface area contributed by atoms with Crippen molar-refractivity contribution < 1.29 is 14.3 Å². The Labute approximate surface area is 186 Å². The zero-order valence-electron chi connectivity index (χ0n) is 17.0. The first kappa shape index (κ1) is 22.1. The molecule has 0 spiro atoms. The smallest absolute Gasteiger partial charge is 0.266 e. The maximum Gasteiger partial charge on any atom is 0.266 e. The molecule has 0 aliphatic carbocycles. The highest BCUT2D eigenvalue weighted by Gasteiger charge is 2.34. The average molecular weight is 441 g/mol. The van der Waals surface area contributed by atoms with Gasteiger partial charge in [0.1, 0.15) is 16.6 Å². The van der Waals surface area contributed by atoms with Crippen LogP contribution in [0.3, 0.4) is 0 Å². The maximum atomic E-state index is 12.8. The first-order valence-electron chi connectivity index (χ1n) is 9.81. The summed E-state index contributed by atoms with van der Waals surface area (Å²) in [7, 11) is 0. The largest absolute Gasteiger partial charge is 0.494 e. The Bertz CT molecular complexity index is 943. The van der Waals surface area contributed by atoms with Crippen molar-refractivity contribution >= 4 is 46.2 Å². The van der Waals surface area contributed by atoms with Gasteiger partial charge >= 0.3 is 0 Å². The third-order valence-corrected chi connectivity index (χ3v) is 5.98. The second-order valence-electron chi connectivity index (χ2n) is 6.66. The number of hydrogen-bond donors (Lipinski definition) is 0. The predicted octanol–water partition coefficient (Wildman–Crippen LogP) is 4.34. The van der Waals surface area contributed by atoms with Gasteiger partial charge in [0.2, 0.25) is 5.91 Å². The first-order chi connectivity index (χ1) is 14.5. The zero-order valence-corrected chi connectivity index (χ0v) is 18.7. The molecule has 1 fully saturated rings. The van der Waals surface area contributed by atoms with Crippen molar-refractivity contribution in [2.24, 2.45) is 0 Å². The number of carbonyl (C=O) groups is 2. The molecule has 1 heterocycles. The molecule has 0 bridgehead atoms. The number of hydrogen-bond acceptors (Lipinski definition) is 5. The van der Waals surface area contributed by atoms with Crippen LogP contribution in [0.4, 0.5) is 0 Å². The minimum absolute atomic E-state index is 0.0496. The fourth-order valence-electron chi connectivity index (χ4n) is 3.03. The summed E-state index contributed by atoms with van der Waals surface area (Å²) >= 11 is 6.60. The lowest BCUT2D eigenvalue weighted by Gasteiger charge is -2.23. The monoisotopic (exact) mass is 440 g/mol. The highest BCUT2D eigenvalue weighted by Crippen LogP contribution is 2.32. The summed E-state index contributed by atoms with van der Waals surface area (Å²) in [4.78, 5) is 29.3. The van der Waals surface area contributed by atoms with E-state index in [0.717, 1.165) is 16.9 Å². The molecule has 7 heteroatoms. The molecule has 1 saturated heterocycles. The lowest BCUT2D eigenvalue weighted by molar-refractivity contribution is -0.135. The van der Waals surface area contributed by atoms with Crippen LogP contribution in [0, 0.1) is 0 Å². The quantitative estimate of drug-likeness (QED) is 0.452. The fraction of sp³-hybridized carbons (Fsp3) is 0.261. The van der Waals surface area contributed by atoms with Crippen molar-refractivity contribution in [3.05, 3.63) is 70.6 Å². The third kappa shape index (κ3) is 5.49. The maximum absolute atomic E-state index is 12.8. The summed E-state index contributed by atoms with van der Waals surface area (Å²) in [6.07, 6.45) is 1.79.